The van der Waals surface area contributed by atoms with E-state index in [1.165, 1.54) is 24.0 Å². The summed E-state index contributed by atoms with van der Waals surface area (Å²) in [6.07, 6.45) is -0.801. The van der Waals surface area contributed by atoms with Crippen molar-refractivity contribution in [1.29, 1.82) is 0 Å². The summed E-state index contributed by atoms with van der Waals surface area (Å²) in [7, 11) is -3.16. The van der Waals surface area contributed by atoms with Gasteiger partial charge in [-0.2, -0.15) is 0 Å². The molecule has 2 atom stereocenters. The van der Waals surface area contributed by atoms with E-state index < -0.39 is 38.8 Å². The largest absolute Gasteiger partial charge is 0.449 e. The molecule has 1 aliphatic rings. The molecule has 0 spiro atoms. The Kier molecular flexibility index (Phi) is 6.58. The van der Waals surface area contributed by atoms with Crippen LogP contribution in [0, 0.1) is 10.1 Å². The average Bonchev–Trinajstić information content (AvgIpc) is 2.95. The summed E-state index contributed by atoms with van der Waals surface area (Å²) in [6, 6.07) is 3.31. The van der Waals surface area contributed by atoms with Crippen molar-refractivity contribution in [2.24, 2.45) is 0 Å². The molecule has 1 aromatic rings. The summed E-state index contributed by atoms with van der Waals surface area (Å²) in [5.74, 6) is -1.45. The van der Waals surface area contributed by atoms with E-state index in [0.717, 1.165) is 6.07 Å². The number of carbonyl (C=O) groups excluding carboxylic acids is 2. The third-order valence-electron chi connectivity index (χ3n) is 4.28. The van der Waals surface area contributed by atoms with Crippen molar-refractivity contribution >= 4 is 43.3 Å². The fourth-order valence-electron chi connectivity index (χ4n) is 2.91. The predicted octanol–water partition coefficient (Wildman–Crippen LogP) is 1.94. The zero-order chi connectivity index (χ0) is 20.4. The van der Waals surface area contributed by atoms with E-state index in [-0.39, 0.29) is 33.8 Å². The lowest BCUT2D eigenvalue weighted by atomic mass is 10.2. The normalized spacial score (nSPS) is 19.3. The summed E-state index contributed by atoms with van der Waals surface area (Å²) >= 11 is 3.03. The molecule has 2 unspecified atom stereocenters. The smallest absolute Gasteiger partial charge is 0.339 e. The van der Waals surface area contributed by atoms with Gasteiger partial charge in [0.15, 0.2) is 15.9 Å². The van der Waals surface area contributed by atoms with Crippen LogP contribution in [0.25, 0.3) is 0 Å². The van der Waals surface area contributed by atoms with Crippen LogP contribution < -0.4 is 0 Å². The zero-order valence-corrected chi connectivity index (χ0v) is 17.2. The summed E-state index contributed by atoms with van der Waals surface area (Å²) in [5.41, 5.74) is -0.356. The highest BCUT2D eigenvalue weighted by Gasteiger charge is 2.36. The van der Waals surface area contributed by atoms with Gasteiger partial charge < -0.3 is 9.64 Å². The number of rotatable bonds is 6. The van der Waals surface area contributed by atoms with Crippen molar-refractivity contribution in [1.82, 2.24) is 4.90 Å². The molecule has 1 heterocycles. The SMILES string of the molecule is CCN(C(=O)C(C)OC(=O)c1ccc(Br)c([N+](=O)[O-])c1)C1CCS(=O)(=O)C1. The first-order valence-corrected chi connectivity index (χ1v) is 10.8. The van der Waals surface area contributed by atoms with Gasteiger partial charge in [0.25, 0.3) is 11.6 Å². The van der Waals surface area contributed by atoms with Gasteiger partial charge >= 0.3 is 5.97 Å². The first-order chi connectivity index (χ1) is 12.6. The van der Waals surface area contributed by atoms with Crippen molar-refractivity contribution < 1.29 is 27.7 Å². The second-order valence-electron chi connectivity index (χ2n) is 6.15. The average molecular weight is 463 g/mol. The van der Waals surface area contributed by atoms with E-state index in [2.05, 4.69) is 15.9 Å². The van der Waals surface area contributed by atoms with Gasteiger partial charge in [-0.3, -0.25) is 14.9 Å². The number of esters is 1. The van der Waals surface area contributed by atoms with Gasteiger partial charge in [-0.1, -0.05) is 0 Å². The van der Waals surface area contributed by atoms with Crippen molar-refractivity contribution in [3.63, 3.8) is 0 Å². The number of nitrogens with zero attached hydrogens (tertiary/aromatic N) is 2. The Hall–Kier alpha value is -2.01. The fourth-order valence-corrected chi connectivity index (χ4v) is 5.03. The lowest BCUT2D eigenvalue weighted by Crippen LogP contribution is -2.46. The topological polar surface area (TPSA) is 124 Å². The maximum absolute atomic E-state index is 12.6. The third-order valence-corrected chi connectivity index (χ3v) is 6.70. The van der Waals surface area contributed by atoms with Gasteiger partial charge in [0, 0.05) is 18.7 Å². The number of nitro groups is 1. The molecule has 9 nitrogen and oxygen atoms in total. The minimum Gasteiger partial charge on any atom is -0.449 e. The zero-order valence-electron chi connectivity index (χ0n) is 14.8. The molecular weight excluding hydrogens is 444 g/mol. The standard InChI is InChI=1S/C16H19BrN2O7S/c1-3-18(12-6-7-27(24,25)9-12)15(20)10(2)26-16(21)11-4-5-13(17)14(8-11)19(22)23/h4-5,8,10,12H,3,6-7,9H2,1-2H3. The Morgan fingerprint density at radius 1 is 1.44 bits per heavy atom. The molecule has 27 heavy (non-hydrogen) atoms. The quantitative estimate of drug-likeness (QED) is 0.359. The Balaban J connectivity index is 2.10. The van der Waals surface area contributed by atoms with Gasteiger partial charge in [0.05, 0.1) is 26.5 Å². The van der Waals surface area contributed by atoms with Crippen molar-refractivity contribution in [2.75, 3.05) is 18.1 Å². The minimum absolute atomic E-state index is 0.0260. The molecule has 1 saturated heterocycles. The Morgan fingerprint density at radius 2 is 2.11 bits per heavy atom. The highest BCUT2D eigenvalue weighted by Crippen LogP contribution is 2.26. The van der Waals surface area contributed by atoms with Crippen molar-refractivity contribution in [3.05, 3.63) is 38.3 Å². The van der Waals surface area contributed by atoms with E-state index >= 15 is 0 Å². The highest BCUT2D eigenvalue weighted by molar-refractivity contribution is 9.10. The number of likely N-dealkylation sites (N-methyl/N-ethyl adjacent to an activating group) is 1. The summed E-state index contributed by atoms with van der Waals surface area (Å²) in [5, 5.41) is 11.0. The van der Waals surface area contributed by atoms with Crippen LogP contribution in [0.4, 0.5) is 5.69 Å². The van der Waals surface area contributed by atoms with Crippen molar-refractivity contribution in [3.8, 4) is 0 Å². The molecule has 0 aromatic heterocycles. The molecule has 0 saturated carbocycles. The maximum Gasteiger partial charge on any atom is 0.339 e. The molecule has 2 rings (SSSR count). The number of amides is 1. The van der Waals surface area contributed by atoms with E-state index in [0.29, 0.717) is 6.42 Å². The highest BCUT2D eigenvalue weighted by atomic mass is 79.9. The number of nitro benzene ring substituents is 1. The lowest BCUT2D eigenvalue weighted by molar-refractivity contribution is -0.385. The summed E-state index contributed by atoms with van der Waals surface area (Å²) in [4.78, 5) is 36.6. The maximum atomic E-state index is 12.6. The van der Waals surface area contributed by atoms with Crippen LogP contribution in [-0.4, -0.2) is 60.3 Å². The van der Waals surface area contributed by atoms with E-state index in [1.54, 1.807) is 6.92 Å². The van der Waals surface area contributed by atoms with Crippen LogP contribution in [0.15, 0.2) is 22.7 Å². The van der Waals surface area contributed by atoms with Gasteiger partial charge in [-0.05, 0) is 48.3 Å². The minimum atomic E-state index is -3.16. The predicted molar refractivity (Wildman–Crippen MR) is 100 cm³/mol. The van der Waals surface area contributed by atoms with Crippen LogP contribution in [-0.2, 0) is 19.4 Å². The molecule has 1 amide bonds. The number of hydrogen-bond acceptors (Lipinski definition) is 7. The van der Waals surface area contributed by atoms with E-state index in [4.69, 9.17) is 4.74 Å². The van der Waals surface area contributed by atoms with Gasteiger partial charge in [-0.15, -0.1) is 0 Å². The molecule has 1 aromatic carbocycles. The van der Waals surface area contributed by atoms with Crippen LogP contribution in [0.1, 0.15) is 30.6 Å². The summed E-state index contributed by atoms with van der Waals surface area (Å²) < 4.78 is 28.7. The van der Waals surface area contributed by atoms with Crippen LogP contribution in [0.2, 0.25) is 0 Å². The first kappa shape index (κ1) is 21.3. The molecular formula is C16H19BrN2O7S. The Morgan fingerprint density at radius 3 is 2.63 bits per heavy atom. The number of sulfone groups is 1. The molecule has 0 radical (unpaired) electrons. The fraction of sp³-hybridized carbons (Fsp3) is 0.500. The molecule has 1 fully saturated rings. The number of benzene rings is 1. The van der Waals surface area contributed by atoms with Gasteiger partial charge in [0.2, 0.25) is 0 Å². The molecule has 0 N–H and O–H groups in total. The number of carbonyl (C=O) groups is 2. The van der Waals surface area contributed by atoms with Crippen LogP contribution in [0.5, 0.6) is 0 Å². The number of hydrogen-bond donors (Lipinski definition) is 0. The molecule has 0 bridgehead atoms. The number of halogens is 1. The van der Waals surface area contributed by atoms with Crippen LogP contribution >= 0.6 is 15.9 Å². The van der Waals surface area contributed by atoms with Crippen molar-refractivity contribution in [2.45, 2.75) is 32.4 Å². The lowest BCUT2D eigenvalue weighted by Gasteiger charge is -2.29. The van der Waals surface area contributed by atoms with E-state index in [9.17, 15) is 28.1 Å². The third kappa shape index (κ3) is 5.04. The number of ether oxygens (including phenoxy) is 1. The van der Waals surface area contributed by atoms with Gasteiger partial charge in [-0.25, -0.2) is 13.2 Å². The van der Waals surface area contributed by atoms with E-state index in [1.807, 2.05) is 0 Å². The van der Waals surface area contributed by atoms with Crippen LogP contribution in [0.3, 0.4) is 0 Å². The Labute approximate surface area is 164 Å². The second-order valence-corrected chi connectivity index (χ2v) is 9.24. The van der Waals surface area contributed by atoms with Gasteiger partial charge in [0.1, 0.15) is 0 Å². The summed E-state index contributed by atoms with van der Waals surface area (Å²) in [6.45, 7) is 3.39. The molecule has 11 heteroatoms. The first-order valence-electron chi connectivity index (χ1n) is 8.21. The monoisotopic (exact) mass is 462 g/mol. The molecule has 0 aliphatic carbocycles. The molecule has 1 aliphatic heterocycles. The molecule has 148 valence electrons. The Bertz CT molecular complexity index is 872. The second kappa shape index (κ2) is 8.34.